The quantitative estimate of drug-likeness (QED) is 0.307. The van der Waals surface area contributed by atoms with Crippen LogP contribution in [0.4, 0.5) is 24.8 Å². The molecule has 4 heterocycles. The highest BCUT2D eigenvalue weighted by molar-refractivity contribution is 6.04. The second-order valence-electron chi connectivity index (χ2n) is 10.9. The zero-order valence-electron chi connectivity index (χ0n) is 23.0. The maximum Gasteiger partial charge on any atom is 0.416 e. The van der Waals surface area contributed by atoms with Crippen molar-refractivity contribution in [1.82, 2.24) is 24.3 Å². The van der Waals surface area contributed by atoms with Crippen LogP contribution in [0.25, 0.3) is 16.8 Å². The first-order valence-corrected chi connectivity index (χ1v) is 13.4. The van der Waals surface area contributed by atoms with Gasteiger partial charge in [0.25, 0.3) is 5.91 Å². The minimum Gasteiger partial charge on any atom is -0.395 e. The summed E-state index contributed by atoms with van der Waals surface area (Å²) >= 11 is 0. The van der Waals surface area contributed by atoms with E-state index >= 15 is 0 Å². The number of hydrogen-bond acceptors (Lipinski definition) is 7. The number of imidazole rings is 1. The van der Waals surface area contributed by atoms with Crippen LogP contribution in [0, 0.1) is 5.41 Å². The molecule has 220 valence electrons. The number of aromatic nitrogens is 4. The molecule has 1 fully saturated rings. The lowest BCUT2D eigenvalue weighted by Gasteiger charge is -2.36. The summed E-state index contributed by atoms with van der Waals surface area (Å²) in [5.74, 6) is -0.0799. The van der Waals surface area contributed by atoms with Crippen LogP contribution in [0.3, 0.4) is 0 Å². The molecule has 0 unspecified atom stereocenters. The smallest absolute Gasteiger partial charge is 0.395 e. The predicted octanol–water partition coefficient (Wildman–Crippen LogP) is 4.37. The van der Waals surface area contributed by atoms with Gasteiger partial charge in [0.2, 0.25) is 5.91 Å². The Bertz CT molecular complexity index is 1630. The summed E-state index contributed by atoms with van der Waals surface area (Å²) < 4.78 is 40.9. The Morgan fingerprint density at radius 2 is 1.86 bits per heavy atom. The van der Waals surface area contributed by atoms with Gasteiger partial charge in [0, 0.05) is 48.7 Å². The van der Waals surface area contributed by atoms with Crippen molar-refractivity contribution in [2.75, 3.05) is 30.7 Å². The molecular formula is C29H30F3N7O3. The molecule has 13 heteroatoms. The molecule has 4 aromatic rings. The van der Waals surface area contributed by atoms with E-state index in [2.05, 4.69) is 15.3 Å². The number of nitrogens with two attached hydrogens (primary N) is 1. The number of piperidine rings is 1. The molecule has 1 saturated heterocycles. The number of alkyl halides is 3. The van der Waals surface area contributed by atoms with E-state index in [4.69, 9.17) is 10.7 Å². The highest BCUT2D eigenvalue weighted by atomic mass is 19.4. The van der Waals surface area contributed by atoms with E-state index in [9.17, 15) is 27.9 Å². The largest absolute Gasteiger partial charge is 0.416 e. The van der Waals surface area contributed by atoms with Gasteiger partial charge >= 0.3 is 6.18 Å². The molecule has 1 aliphatic rings. The standard InChI is InChI=1S/C29H30F3N7O3/c1-28(2,16-40)27(42)38-12-3-4-19(15-38)25-37-22(23-24(33)35-11-13-39(23)25)17-5-7-18(8-6-17)26(41)36-21-14-20(9-10-34-21)29(30,31)32/h5-11,13-14,19,40H,3-4,12,15-16H2,1-2H3,(H2,33,35)(H,34,36,41)/t19-/m1/s1. The molecular weight excluding hydrogens is 551 g/mol. The summed E-state index contributed by atoms with van der Waals surface area (Å²) in [4.78, 5) is 40.5. The van der Waals surface area contributed by atoms with Gasteiger partial charge < -0.3 is 21.1 Å². The van der Waals surface area contributed by atoms with E-state index in [0.717, 1.165) is 31.2 Å². The van der Waals surface area contributed by atoms with Crippen molar-refractivity contribution in [3.63, 3.8) is 0 Å². The fourth-order valence-electron chi connectivity index (χ4n) is 5.09. The van der Waals surface area contributed by atoms with Crippen LogP contribution in [0.15, 0.2) is 55.0 Å². The van der Waals surface area contributed by atoms with Crippen molar-refractivity contribution in [2.24, 2.45) is 5.41 Å². The zero-order chi connectivity index (χ0) is 30.2. The summed E-state index contributed by atoms with van der Waals surface area (Å²) in [7, 11) is 0. The lowest BCUT2D eigenvalue weighted by Crippen LogP contribution is -2.47. The van der Waals surface area contributed by atoms with E-state index in [0.29, 0.717) is 35.7 Å². The molecule has 42 heavy (non-hydrogen) atoms. The number of carbonyl (C=O) groups is 2. The second kappa shape index (κ2) is 11.0. The number of carbonyl (C=O) groups excluding carboxylic acids is 2. The third-order valence-corrected chi connectivity index (χ3v) is 7.41. The first kappa shape index (κ1) is 29.0. The van der Waals surface area contributed by atoms with Gasteiger partial charge in [-0.1, -0.05) is 12.1 Å². The molecule has 0 radical (unpaired) electrons. The van der Waals surface area contributed by atoms with E-state index in [1.165, 1.54) is 12.1 Å². The molecule has 1 aromatic carbocycles. The van der Waals surface area contributed by atoms with E-state index in [1.807, 2.05) is 4.40 Å². The number of nitrogen functional groups attached to an aromatic ring is 1. The number of nitrogens with one attached hydrogen (secondary N) is 1. The number of pyridine rings is 1. The molecule has 1 atom stereocenters. The van der Waals surface area contributed by atoms with Gasteiger partial charge in [0.05, 0.1) is 17.6 Å². The van der Waals surface area contributed by atoms with Crippen LogP contribution >= 0.6 is 0 Å². The summed E-state index contributed by atoms with van der Waals surface area (Å²) in [6, 6.07) is 8.01. The number of likely N-dealkylation sites (tertiary alicyclic amines) is 1. The van der Waals surface area contributed by atoms with Gasteiger partial charge in [-0.2, -0.15) is 13.2 Å². The topological polar surface area (TPSA) is 139 Å². The maximum absolute atomic E-state index is 13.1. The third-order valence-electron chi connectivity index (χ3n) is 7.41. The number of amides is 2. The molecule has 10 nitrogen and oxygen atoms in total. The van der Waals surface area contributed by atoms with Gasteiger partial charge in [0.1, 0.15) is 28.7 Å². The Kier molecular flexibility index (Phi) is 7.62. The summed E-state index contributed by atoms with van der Waals surface area (Å²) in [6.45, 7) is 4.21. The van der Waals surface area contributed by atoms with Gasteiger partial charge in [-0.25, -0.2) is 15.0 Å². The minimum absolute atomic E-state index is 0.0924. The van der Waals surface area contributed by atoms with Crippen molar-refractivity contribution in [3.05, 3.63) is 71.9 Å². The molecule has 5 rings (SSSR count). The summed E-state index contributed by atoms with van der Waals surface area (Å²) in [5.41, 5.74) is 6.46. The van der Waals surface area contributed by atoms with Gasteiger partial charge in [-0.05, 0) is 51.0 Å². The fourth-order valence-corrected chi connectivity index (χ4v) is 5.09. The average molecular weight is 582 g/mol. The van der Waals surface area contributed by atoms with Crippen molar-refractivity contribution < 1.29 is 27.9 Å². The molecule has 1 aliphatic heterocycles. The van der Waals surface area contributed by atoms with Gasteiger partial charge in [0.15, 0.2) is 0 Å². The SMILES string of the molecule is CC(C)(CO)C(=O)N1CCC[C@@H](c2nc(-c3ccc(C(=O)Nc4cc(C(F)(F)F)ccn4)cc3)c3c(N)nccn23)C1. The minimum atomic E-state index is -4.56. The number of nitrogens with zero attached hydrogens (tertiary/aromatic N) is 5. The fraction of sp³-hybridized carbons (Fsp3) is 0.345. The number of hydrogen-bond donors (Lipinski definition) is 3. The Balaban J connectivity index is 1.42. The average Bonchev–Trinajstić information content (AvgIpc) is 3.37. The van der Waals surface area contributed by atoms with Crippen molar-refractivity contribution in [2.45, 2.75) is 38.8 Å². The summed E-state index contributed by atoms with van der Waals surface area (Å²) in [6.07, 6.45) is 1.33. The molecule has 2 amide bonds. The van der Waals surface area contributed by atoms with E-state index < -0.39 is 23.1 Å². The number of halogens is 3. The first-order valence-electron chi connectivity index (χ1n) is 13.4. The van der Waals surface area contributed by atoms with Gasteiger partial charge in [-0.15, -0.1) is 0 Å². The third kappa shape index (κ3) is 5.64. The number of anilines is 2. The summed E-state index contributed by atoms with van der Waals surface area (Å²) in [5, 5.41) is 12.1. The molecule has 0 aliphatic carbocycles. The van der Waals surface area contributed by atoms with Crippen molar-refractivity contribution >= 4 is 29.0 Å². The molecule has 0 saturated carbocycles. The number of aliphatic hydroxyl groups excluding tert-OH is 1. The van der Waals surface area contributed by atoms with Crippen LogP contribution in [0.5, 0.6) is 0 Å². The number of rotatable bonds is 6. The lowest BCUT2D eigenvalue weighted by atomic mass is 9.90. The Morgan fingerprint density at radius 1 is 1.12 bits per heavy atom. The van der Waals surface area contributed by atoms with E-state index in [1.54, 1.807) is 43.3 Å². The molecule has 3 aromatic heterocycles. The van der Waals surface area contributed by atoms with Crippen LogP contribution in [0.1, 0.15) is 54.4 Å². The highest BCUT2D eigenvalue weighted by Crippen LogP contribution is 2.35. The number of aliphatic hydroxyl groups is 1. The molecule has 0 bridgehead atoms. The predicted molar refractivity (Wildman–Crippen MR) is 149 cm³/mol. The van der Waals surface area contributed by atoms with Crippen LogP contribution in [-0.4, -0.2) is 60.9 Å². The normalized spacial score (nSPS) is 16.0. The van der Waals surface area contributed by atoms with E-state index in [-0.39, 0.29) is 35.6 Å². The highest BCUT2D eigenvalue weighted by Gasteiger charge is 2.36. The number of benzene rings is 1. The van der Waals surface area contributed by atoms with Crippen molar-refractivity contribution in [3.8, 4) is 11.3 Å². The molecule has 0 spiro atoms. The monoisotopic (exact) mass is 581 g/mol. The Labute approximate surface area is 239 Å². The zero-order valence-corrected chi connectivity index (χ0v) is 23.0. The van der Waals surface area contributed by atoms with Crippen LogP contribution in [-0.2, 0) is 11.0 Å². The van der Waals surface area contributed by atoms with Crippen LogP contribution < -0.4 is 11.1 Å². The Hall–Kier alpha value is -4.52. The Morgan fingerprint density at radius 3 is 2.55 bits per heavy atom. The lowest BCUT2D eigenvalue weighted by molar-refractivity contribution is -0.143. The first-order chi connectivity index (χ1) is 19.9. The van der Waals surface area contributed by atoms with Gasteiger partial charge in [-0.3, -0.25) is 14.0 Å². The van der Waals surface area contributed by atoms with Crippen molar-refractivity contribution in [1.29, 1.82) is 0 Å². The van der Waals surface area contributed by atoms with Crippen LogP contribution in [0.2, 0.25) is 0 Å². The molecule has 4 N–H and O–H groups in total. The second-order valence-corrected chi connectivity index (χ2v) is 10.9. The maximum atomic E-state index is 13.1. The number of fused-ring (bicyclic) bond motifs is 1.